The first-order valence-corrected chi connectivity index (χ1v) is 9.24. The van der Waals surface area contributed by atoms with Crippen molar-refractivity contribution in [2.75, 3.05) is 19.4 Å². The first-order chi connectivity index (χ1) is 13.4. The second-order valence-electron chi connectivity index (χ2n) is 6.60. The summed E-state index contributed by atoms with van der Waals surface area (Å²) in [5.41, 5.74) is 2.13. The highest BCUT2D eigenvalue weighted by Gasteiger charge is 2.11. The Labute approximate surface area is 169 Å². The van der Waals surface area contributed by atoms with E-state index in [2.05, 4.69) is 10.6 Å². The molecule has 0 spiro atoms. The van der Waals surface area contributed by atoms with E-state index in [0.717, 1.165) is 16.3 Å². The highest BCUT2D eigenvalue weighted by atomic mass is 32.1. The lowest BCUT2D eigenvalue weighted by atomic mass is 10.0. The molecule has 0 fully saturated rings. The molecule has 28 heavy (non-hydrogen) atoms. The van der Waals surface area contributed by atoms with Crippen LogP contribution in [-0.4, -0.2) is 35.9 Å². The van der Waals surface area contributed by atoms with Gasteiger partial charge in [-0.15, -0.1) is 0 Å². The van der Waals surface area contributed by atoms with Crippen LogP contribution >= 0.6 is 12.2 Å². The van der Waals surface area contributed by atoms with Gasteiger partial charge in [0, 0.05) is 25.3 Å². The van der Waals surface area contributed by atoms with Gasteiger partial charge in [0.2, 0.25) is 5.91 Å². The van der Waals surface area contributed by atoms with Crippen molar-refractivity contribution in [3.05, 3.63) is 77.9 Å². The van der Waals surface area contributed by atoms with Crippen molar-refractivity contribution in [3.63, 3.8) is 0 Å². The maximum Gasteiger partial charge on any atom is 0.253 e. The highest BCUT2D eigenvalue weighted by Crippen LogP contribution is 2.19. The Bertz CT molecular complexity index is 1040. The average Bonchev–Trinajstić information content (AvgIpc) is 2.67. The molecule has 0 aromatic heterocycles. The van der Waals surface area contributed by atoms with E-state index in [-0.39, 0.29) is 23.3 Å². The molecule has 0 heterocycles. The van der Waals surface area contributed by atoms with Crippen molar-refractivity contribution in [1.29, 1.82) is 0 Å². The van der Waals surface area contributed by atoms with Crippen LogP contribution in [0.15, 0.2) is 66.7 Å². The van der Waals surface area contributed by atoms with Gasteiger partial charge in [-0.3, -0.25) is 9.59 Å². The number of anilines is 1. The summed E-state index contributed by atoms with van der Waals surface area (Å²) in [6, 6.07) is 20.8. The summed E-state index contributed by atoms with van der Waals surface area (Å²) in [7, 11) is 3.39. The van der Waals surface area contributed by atoms with Crippen molar-refractivity contribution in [3.8, 4) is 0 Å². The quantitative estimate of drug-likeness (QED) is 0.667. The summed E-state index contributed by atoms with van der Waals surface area (Å²) >= 11 is 5.25. The molecule has 3 aromatic carbocycles. The molecule has 3 aromatic rings. The van der Waals surface area contributed by atoms with Gasteiger partial charge in [-0.2, -0.15) is 0 Å². The normalized spacial score (nSPS) is 10.4. The van der Waals surface area contributed by atoms with Gasteiger partial charge >= 0.3 is 0 Å². The Morgan fingerprint density at radius 3 is 2.46 bits per heavy atom. The lowest BCUT2D eigenvalue weighted by Crippen LogP contribution is -2.35. The number of carbonyl (C=O) groups is 2. The van der Waals surface area contributed by atoms with E-state index in [0.29, 0.717) is 11.3 Å². The number of carbonyl (C=O) groups excluding carboxylic acids is 2. The fourth-order valence-corrected chi connectivity index (χ4v) is 3.17. The number of thiocarbonyl (C=S) groups is 1. The largest absolute Gasteiger partial charge is 0.345 e. The third kappa shape index (κ3) is 4.72. The summed E-state index contributed by atoms with van der Waals surface area (Å²) in [4.78, 5) is 26.0. The Hall–Kier alpha value is -3.25. The maximum atomic E-state index is 12.4. The second-order valence-corrected chi connectivity index (χ2v) is 7.01. The number of hydrogen-bond acceptors (Lipinski definition) is 3. The molecule has 0 saturated carbocycles. The number of rotatable bonds is 4. The molecule has 0 unspecified atom stereocenters. The van der Waals surface area contributed by atoms with Crippen LogP contribution in [0.4, 0.5) is 5.69 Å². The van der Waals surface area contributed by atoms with Crippen molar-refractivity contribution in [2.24, 2.45) is 0 Å². The topological polar surface area (TPSA) is 61.4 Å². The van der Waals surface area contributed by atoms with E-state index in [1.54, 1.807) is 38.4 Å². The summed E-state index contributed by atoms with van der Waals surface area (Å²) in [6.07, 6.45) is 0.225. The number of fused-ring (bicyclic) bond motifs is 1. The van der Waals surface area contributed by atoms with E-state index in [1.807, 2.05) is 42.5 Å². The number of nitrogens with one attached hydrogen (secondary N) is 2. The molecule has 3 rings (SSSR count). The zero-order chi connectivity index (χ0) is 20.1. The molecule has 0 aliphatic heterocycles. The van der Waals surface area contributed by atoms with Gasteiger partial charge in [0.1, 0.15) is 0 Å². The molecule has 6 heteroatoms. The summed E-state index contributed by atoms with van der Waals surface area (Å²) in [5.74, 6) is -0.302. The van der Waals surface area contributed by atoms with Gasteiger partial charge in [0.25, 0.3) is 5.91 Å². The van der Waals surface area contributed by atoms with E-state index in [9.17, 15) is 9.59 Å². The number of nitrogens with zero attached hydrogens (tertiary/aromatic N) is 1. The molecule has 142 valence electrons. The van der Waals surface area contributed by atoms with E-state index >= 15 is 0 Å². The standard InChI is InChI=1S/C22H21N3O2S/c1-25(2)21(27)17-10-6-11-18(13-17)23-22(28)24-20(26)14-16-9-5-8-15-7-3-4-12-19(15)16/h3-13H,14H2,1-2H3,(H2,23,24,26,28). The van der Waals surface area contributed by atoms with Gasteiger partial charge < -0.3 is 15.5 Å². The molecular formula is C22H21N3O2S. The molecule has 0 radical (unpaired) electrons. The first-order valence-electron chi connectivity index (χ1n) is 8.83. The lowest BCUT2D eigenvalue weighted by Gasteiger charge is -2.13. The molecule has 2 amide bonds. The van der Waals surface area contributed by atoms with Crippen LogP contribution < -0.4 is 10.6 Å². The zero-order valence-electron chi connectivity index (χ0n) is 15.7. The third-order valence-corrected chi connectivity index (χ3v) is 4.46. The van der Waals surface area contributed by atoms with Crippen LogP contribution in [0.25, 0.3) is 10.8 Å². The highest BCUT2D eigenvalue weighted by molar-refractivity contribution is 7.80. The molecule has 0 atom stereocenters. The van der Waals surface area contributed by atoms with Crippen molar-refractivity contribution in [1.82, 2.24) is 10.2 Å². The summed E-state index contributed by atoms with van der Waals surface area (Å²) < 4.78 is 0. The minimum absolute atomic E-state index is 0.102. The zero-order valence-corrected chi connectivity index (χ0v) is 16.5. The SMILES string of the molecule is CN(C)C(=O)c1cccc(NC(=S)NC(=O)Cc2cccc3ccccc23)c1. The van der Waals surface area contributed by atoms with Crippen molar-refractivity contribution >= 4 is 45.6 Å². The number of amides is 2. The Balaban J connectivity index is 1.64. The van der Waals surface area contributed by atoms with E-state index in [4.69, 9.17) is 12.2 Å². The van der Waals surface area contributed by atoms with Crippen molar-refractivity contribution < 1.29 is 9.59 Å². The molecule has 0 bridgehead atoms. The Morgan fingerprint density at radius 2 is 1.68 bits per heavy atom. The smallest absolute Gasteiger partial charge is 0.253 e. The summed E-state index contributed by atoms with van der Waals surface area (Å²) in [6.45, 7) is 0. The molecule has 0 saturated heterocycles. The Kier molecular flexibility index (Phi) is 6.01. The summed E-state index contributed by atoms with van der Waals surface area (Å²) in [5, 5.41) is 8.00. The molecule has 0 aliphatic carbocycles. The first kappa shape index (κ1) is 19.5. The predicted molar refractivity (Wildman–Crippen MR) is 116 cm³/mol. The van der Waals surface area contributed by atoms with Crippen molar-refractivity contribution in [2.45, 2.75) is 6.42 Å². The van der Waals surface area contributed by atoms with Gasteiger partial charge in [-0.25, -0.2) is 0 Å². The van der Waals surface area contributed by atoms with Crippen LogP contribution in [0.5, 0.6) is 0 Å². The van der Waals surface area contributed by atoms with Crippen LogP contribution in [0, 0.1) is 0 Å². The third-order valence-electron chi connectivity index (χ3n) is 4.26. The molecule has 2 N–H and O–H groups in total. The minimum Gasteiger partial charge on any atom is -0.345 e. The van der Waals surface area contributed by atoms with Gasteiger partial charge in [-0.1, -0.05) is 48.5 Å². The van der Waals surface area contributed by atoms with Crippen LogP contribution in [0.3, 0.4) is 0 Å². The average molecular weight is 391 g/mol. The minimum atomic E-state index is -0.200. The monoisotopic (exact) mass is 391 g/mol. The van der Waals surface area contributed by atoms with Crippen LogP contribution in [0.2, 0.25) is 0 Å². The number of hydrogen-bond donors (Lipinski definition) is 2. The van der Waals surface area contributed by atoms with Crippen LogP contribution in [0.1, 0.15) is 15.9 Å². The van der Waals surface area contributed by atoms with E-state index < -0.39 is 0 Å². The predicted octanol–water partition coefficient (Wildman–Crippen LogP) is 3.60. The fourth-order valence-electron chi connectivity index (χ4n) is 2.94. The number of benzene rings is 3. The molecule has 5 nitrogen and oxygen atoms in total. The fraction of sp³-hybridized carbons (Fsp3) is 0.136. The molecular weight excluding hydrogens is 370 g/mol. The van der Waals surface area contributed by atoms with Gasteiger partial charge in [0.15, 0.2) is 5.11 Å². The Morgan fingerprint density at radius 1 is 0.964 bits per heavy atom. The lowest BCUT2D eigenvalue weighted by molar-refractivity contribution is -0.119. The maximum absolute atomic E-state index is 12.4. The molecule has 0 aliphatic rings. The van der Waals surface area contributed by atoms with E-state index in [1.165, 1.54) is 4.90 Å². The van der Waals surface area contributed by atoms with Gasteiger partial charge in [-0.05, 0) is 46.8 Å². The van der Waals surface area contributed by atoms with Gasteiger partial charge in [0.05, 0.1) is 6.42 Å². The van der Waals surface area contributed by atoms with Crippen LogP contribution in [-0.2, 0) is 11.2 Å². The second kappa shape index (κ2) is 8.63.